The minimum Gasteiger partial charge on any atom is -0.455 e. The zero-order chi connectivity index (χ0) is 40.0. The lowest BCUT2D eigenvalue weighted by Crippen LogP contribution is -2.01. The number of thiophene rings is 1. The fourth-order valence-corrected chi connectivity index (χ4v) is 10.4. The third kappa shape index (κ3) is 5.29. The second-order valence-corrected chi connectivity index (χ2v) is 16.6. The highest BCUT2D eigenvalue weighted by atomic mass is 32.1. The largest absolute Gasteiger partial charge is 0.455 e. The van der Waals surface area contributed by atoms with Gasteiger partial charge in [-0.2, -0.15) is 0 Å². The van der Waals surface area contributed by atoms with Crippen LogP contribution in [-0.2, 0) is 0 Å². The van der Waals surface area contributed by atoms with Crippen molar-refractivity contribution in [2.75, 3.05) is 0 Å². The van der Waals surface area contributed by atoms with Gasteiger partial charge in [0.2, 0.25) is 0 Å². The molecule has 9 aromatic carbocycles. The fraction of sp³-hybridized carbons (Fsp3) is 0. The second-order valence-electron chi connectivity index (χ2n) is 15.5. The van der Waals surface area contributed by atoms with E-state index in [4.69, 9.17) is 19.4 Å². The highest BCUT2D eigenvalue weighted by Gasteiger charge is 2.22. The zero-order valence-electron chi connectivity index (χ0n) is 32.6. The van der Waals surface area contributed by atoms with Gasteiger partial charge in [0.25, 0.3) is 0 Å². The lowest BCUT2D eigenvalue weighted by molar-refractivity contribution is 0.672. The number of nitrogens with zero attached hydrogens (tertiary/aromatic N) is 4. The molecule has 5 nitrogen and oxygen atoms in total. The lowest BCUT2D eigenvalue weighted by Gasteiger charge is -2.13. The first-order chi connectivity index (χ1) is 30.2. The Hall–Kier alpha value is -7.93. The van der Waals surface area contributed by atoms with Crippen LogP contribution in [0.4, 0.5) is 0 Å². The van der Waals surface area contributed by atoms with Gasteiger partial charge in [0.05, 0.1) is 11.0 Å². The first-order valence-electron chi connectivity index (χ1n) is 20.4. The topological polar surface area (TPSA) is 56.7 Å². The van der Waals surface area contributed by atoms with Gasteiger partial charge < -0.3 is 8.98 Å². The highest BCUT2D eigenvalue weighted by Crippen LogP contribution is 2.45. The summed E-state index contributed by atoms with van der Waals surface area (Å²) in [7, 11) is 0. The number of fused-ring (bicyclic) bond motifs is 12. The number of rotatable bonds is 5. The van der Waals surface area contributed by atoms with E-state index in [2.05, 4.69) is 162 Å². The van der Waals surface area contributed by atoms with Crippen LogP contribution in [0.1, 0.15) is 0 Å². The van der Waals surface area contributed by atoms with Gasteiger partial charge in [0.15, 0.2) is 17.5 Å². The van der Waals surface area contributed by atoms with E-state index in [0.29, 0.717) is 17.5 Å². The van der Waals surface area contributed by atoms with Crippen LogP contribution in [0.15, 0.2) is 199 Å². The van der Waals surface area contributed by atoms with Gasteiger partial charge in [-0.15, -0.1) is 11.3 Å². The van der Waals surface area contributed by atoms with Crippen molar-refractivity contribution >= 4 is 86.0 Å². The van der Waals surface area contributed by atoms with Crippen LogP contribution >= 0.6 is 11.3 Å². The summed E-state index contributed by atoms with van der Waals surface area (Å²) in [6, 6.07) is 68.4. The molecule has 13 rings (SSSR count). The van der Waals surface area contributed by atoms with E-state index in [1.165, 1.54) is 36.5 Å². The van der Waals surface area contributed by atoms with Crippen LogP contribution in [-0.4, -0.2) is 19.5 Å². The Kier molecular flexibility index (Phi) is 7.41. The molecule has 0 saturated heterocycles. The molecular formula is C55H32N4OS. The summed E-state index contributed by atoms with van der Waals surface area (Å²) >= 11 is 1.86. The van der Waals surface area contributed by atoms with E-state index in [1.807, 2.05) is 47.7 Å². The molecule has 0 saturated carbocycles. The van der Waals surface area contributed by atoms with E-state index < -0.39 is 0 Å². The van der Waals surface area contributed by atoms with Crippen molar-refractivity contribution in [1.82, 2.24) is 19.5 Å². The maximum Gasteiger partial charge on any atom is 0.164 e. The van der Waals surface area contributed by atoms with Crippen molar-refractivity contribution in [2.45, 2.75) is 0 Å². The molecule has 4 heterocycles. The molecule has 0 amide bonds. The molecule has 0 unspecified atom stereocenters. The quantitative estimate of drug-likeness (QED) is 0.174. The van der Waals surface area contributed by atoms with Gasteiger partial charge in [-0.3, -0.25) is 0 Å². The van der Waals surface area contributed by atoms with Crippen molar-refractivity contribution in [3.05, 3.63) is 194 Å². The molecule has 0 aliphatic heterocycles. The molecule has 0 N–H and O–H groups in total. The summed E-state index contributed by atoms with van der Waals surface area (Å²) in [6.07, 6.45) is 0. The van der Waals surface area contributed by atoms with E-state index in [0.717, 1.165) is 71.7 Å². The number of furan rings is 1. The van der Waals surface area contributed by atoms with Gasteiger partial charge in [0, 0.05) is 69.5 Å². The monoisotopic (exact) mass is 796 g/mol. The van der Waals surface area contributed by atoms with Crippen LogP contribution in [0.25, 0.3) is 126 Å². The molecule has 0 radical (unpaired) electrons. The van der Waals surface area contributed by atoms with E-state index >= 15 is 0 Å². The SMILES string of the molecule is c1ccc(-c2ccc(-c3nc(-c4ccccc4)nc(-c4cc5c6ccccc6oc5c5cc(-n6c7ccccc7c7c8c(ccc76)sc6ccccc68)ccc45)n3)cc2)cc1. The Labute approximate surface area is 353 Å². The standard InChI is InChI=1S/C55H32N4OS/c1-3-13-33(14-4-1)34-23-25-36(26-24-34)54-56-53(35-15-5-2-6-16-35)57-55(58-54)44-32-43-39-17-8-11-21-47(39)60-52(43)42-31-37(27-28-38(42)44)59-45-20-10-7-18-40(45)50-46(59)29-30-49-51(50)41-19-9-12-22-48(41)61-49/h1-32H. The molecule has 4 aromatic heterocycles. The van der Waals surface area contributed by atoms with Crippen molar-refractivity contribution in [3.63, 3.8) is 0 Å². The van der Waals surface area contributed by atoms with Gasteiger partial charge in [-0.05, 0) is 65.0 Å². The van der Waals surface area contributed by atoms with Crippen molar-refractivity contribution < 1.29 is 4.42 Å². The predicted molar refractivity (Wildman–Crippen MR) is 254 cm³/mol. The minimum atomic E-state index is 0.601. The Morgan fingerprint density at radius 2 is 0.984 bits per heavy atom. The smallest absolute Gasteiger partial charge is 0.164 e. The molecule has 0 spiro atoms. The molecule has 284 valence electrons. The maximum absolute atomic E-state index is 6.77. The third-order valence-electron chi connectivity index (χ3n) is 12.1. The summed E-state index contributed by atoms with van der Waals surface area (Å²) in [5.74, 6) is 1.83. The minimum absolute atomic E-state index is 0.601. The van der Waals surface area contributed by atoms with Gasteiger partial charge >= 0.3 is 0 Å². The molecule has 13 aromatic rings. The summed E-state index contributed by atoms with van der Waals surface area (Å²) in [5.41, 5.74) is 10.1. The van der Waals surface area contributed by atoms with Gasteiger partial charge in [-0.1, -0.05) is 146 Å². The number of benzene rings is 9. The third-order valence-corrected chi connectivity index (χ3v) is 13.2. The molecular weight excluding hydrogens is 765 g/mol. The van der Waals surface area contributed by atoms with Crippen molar-refractivity contribution in [2.24, 2.45) is 0 Å². The molecule has 61 heavy (non-hydrogen) atoms. The van der Waals surface area contributed by atoms with Crippen LogP contribution in [0.2, 0.25) is 0 Å². The molecule has 0 atom stereocenters. The van der Waals surface area contributed by atoms with Crippen molar-refractivity contribution in [1.29, 1.82) is 0 Å². The molecule has 0 fully saturated rings. The summed E-state index contributed by atoms with van der Waals surface area (Å²) in [5, 5.41) is 9.16. The highest BCUT2D eigenvalue weighted by molar-refractivity contribution is 7.26. The average molecular weight is 797 g/mol. The lowest BCUT2D eigenvalue weighted by atomic mass is 9.98. The van der Waals surface area contributed by atoms with Crippen LogP contribution in [0.5, 0.6) is 0 Å². The van der Waals surface area contributed by atoms with E-state index in [9.17, 15) is 0 Å². The second kappa shape index (κ2) is 13.3. The Morgan fingerprint density at radius 3 is 1.79 bits per heavy atom. The fourth-order valence-electron chi connectivity index (χ4n) is 9.25. The Bertz CT molecular complexity index is 3870. The number of hydrogen-bond acceptors (Lipinski definition) is 5. The van der Waals surface area contributed by atoms with Crippen LogP contribution < -0.4 is 0 Å². The van der Waals surface area contributed by atoms with Crippen LogP contribution in [0.3, 0.4) is 0 Å². The number of hydrogen-bond donors (Lipinski definition) is 0. The zero-order valence-corrected chi connectivity index (χ0v) is 33.4. The Morgan fingerprint density at radius 1 is 0.377 bits per heavy atom. The summed E-state index contributed by atoms with van der Waals surface area (Å²) < 4.78 is 11.8. The first kappa shape index (κ1) is 34.0. The average Bonchev–Trinajstić information content (AvgIpc) is 4.01. The normalized spacial score (nSPS) is 11.9. The van der Waals surface area contributed by atoms with Crippen LogP contribution in [0, 0.1) is 0 Å². The molecule has 0 bridgehead atoms. The molecule has 0 aliphatic rings. The number of aromatic nitrogens is 4. The first-order valence-corrected chi connectivity index (χ1v) is 21.2. The molecule has 0 aliphatic carbocycles. The van der Waals surface area contributed by atoms with Gasteiger partial charge in [-0.25, -0.2) is 15.0 Å². The summed E-state index contributed by atoms with van der Waals surface area (Å²) in [6.45, 7) is 0. The molecule has 6 heteroatoms. The Balaban J connectivity index is 1.07. The van der Waals surface area contributed by atoms with E-state index in [1.54, 1.807) is 0 Å². The van der Waals surface area contributed by atoms with Gasteiger partial charge in [0.1, 0.15) is 11.2 Å². The van der Waals surface area contributed by atoms with E-state index in [-0.39, 0.29) is 0 Å². The maximum atomic E-state index is 6.77. The number of para-hydroxylation sites is 2. The predicted octanol–water partition coefficient (Wildman–Crippen LogP) is 15.1. The van der Waals surface area contributed by atoms with Crippen molar-refractivity contribution in [3.8, 4) is 51.0 Å². The summed E-state index contributed by atoms with van der Waals surface area (Å²) in [4.78, 5) is 15.6.